The van der Waals surface area contributed by atoms with Crippen LogP contribution in [0, 0.1) is 0 Å². The van der Waals surface area contributed by atoms with Crippen molar-refractivity contribution in [3.8, 4) is 5.75 Å². The summed E-state index contributed by atoms with van der Waals surface area (Å²) in [6.07, 6.45) is 7.15. The summed E-state index contributed by atoms with van der Waals surface area (Å²) in [6.45, 7) is 3.36. The molecule has 2 aliphatic heterocycles. The molecule has 3 heterocycles. The Kier molecular flexibility index (Phi) is 7.58. The maximum Gasteiger partial charge on any atom is 0.169 e. The molecule has 36 heavy (non-hydrogen) atoms. The first-order valence-electron chi connectivity index (χ1n) is 13.2. The molecule has 3 aliphatic rings. The summed E-state index contributed by atoms with van der Waals surface area (Å²) in [5.41, 5.74) is 5.02. The van der Waals surface area contributed by atoms with Crippen molar-refractivity contribution in [1.29, 1.82) is 0 Å². The minimum atomic E-state index is -1.32. The molecular weight excluding hydrogens is 460 g/mol. The van der Waals surface area contributed by atoms with Crippen LogP contribution >= 0.6 is 0 Å². The van der Waals surface area contributed by atoms with Crippen molar-refractivity contribution in [3.63, 3.8) is 0 Å². The molecular formula is C29H37F2N3O2. The van der Waals surface area contributed by atoms with Gasteiger partial charge in [-0.3, -0.25) is 9.29 Å². The molecule has 194 valence electrons. The van der Waals surface area contributed by atoms with Crippen molar-refractivity contribution in [2.75, 3.05) is 45.4 Å². The number of unbranched alkanes of at least 4 members (excludes halogenated alkanes) is 3. The lowest BCUT2D eigenvalue weighted by atomic mass is 9.84. The van der Waals surface area contributed by atoms with Gasteiger partial charge in [0.05, 0.1) is 33.0 Å². The second kappa shape index (κ2) is 10.9. The largest absolute Gasteiger partial charge is 0.496 e. The maximum atomic E-state index is 15.4. The van der Waals surface area contributed by atoms with E-state index in [0.717, 1.165) is 55.8 Å². The first-order valence-corrected chi connectivity index (χ1v) is 13.2. The Hall–Kier alpha value is -2.51. The predicted octanol–water partition coefficient (Wildman–Crippen LogP) is 5.92. The van der Waals surface area contributed by atoms with Gasteiger partial charge >= 0.3 is 0 Å². The summed E-state index contributed by atoms with van der Waals surface area (Å²) in [6, 6.07) is 10.6. The van der Waals surface area contributed by atoms with Crippen LogP contribution in [0.15, 0.2) is 42.1 Å². The van der Waals surface area contributed by atoms with Gasteiger partial charge in [0.1, 0.15) is 11.6 Å². The van der Waals surface area contributed by atoms with Crippen LogP contribution in [-0.4, -0.2) is 61.7 Å². The van der Waals surface area contributed by atoms with Crippen LogP contribution in [0.25, 0.3) is 5.57 Å². The molecule has 7 heteroatoms. The van der Waals surface area contributed by atoms with Gasteiger partial charge in [0, 0.05) is 37.0 Å². The number of benzene rings is 1. The van der Waals surface area contributed by atoms with E-state index in [0.29, 0.717) is 13.0 Å². The fourth-order valence-electron chi connectivity index (χ4n) is 5.90. The van der Waals surface area contributed by atoms with Crippen LogP contribution < -0.4 is 10.1 Å². The summed E-state index contributed by atoms with van der Waals surface area (Å²) in [5.74, 6) is 1.52. The molecule has 0 radical (unpaired) electrons. The highest BCUT2D eigenvalue weighted by Crippen LogP contribution is 2.51. The highest BCUT2D eigenvalue weighted by Gasteiger charge is 2.47. The van der Waals surface area contributed by atoms with E-state index in [2.05, 4.69) is 41.4 Å². The topological polar surface area (TPSA) is 46.6 Å². The number of alkyl halides is 2. The second-order valence-electron chi connectivity index (χ2n) is 10.5. The van der Waals surface area contributed by atoms with Gasteiger partial charge in [-0.2, -0.15) is 0 Å². The number of aromatic nitrogens is 1. The molecule has 1 aromatic carbocycles. The Bertz CT molecular complexity index is 1100. The molecule has 0 unspecified atom stereocenters. The normalized spacial score (nSPS) is 22.7. The van der Waals surface area contributed by atoms with E-state index in [9.17, 15) is 4.39 Å². The Morgan fingerprint density at radius 1 is 1.19 bits per heavy atom. The van der Waals surface area contributed by atoms with Crippen molar-refractivity contribution in [3.05, 3.63) is 58.8 Å². The number of ether oxygens (including phenoxy) is 2. The molecule has 0 spiro atoms. The summed E-state index contributed by atoms with van der Waals surface area (Å²) in [4.78, 5) is 7.03. The Labute approximate surface area is 212 Å². The Balaban J connectivity index is 1.44. The number of nitrogens with one attached hydrogen (secondary N) is 1. The molecule has 2 aromatic rings. The van der Waals surface area contributed by atoms with E-state index in [1.165, 1.54) is 22.3 Å². The third kappa shape index (κ3) is 5.00. The average molecular weight is 498 g/mol. The van der Waals surface area contributed by atoms with Crippen molar-refractivity contribution >= 4 is 11.4 Å². The lowest BCUT2D eigenvalue weighted by Crippen LogP contribution is -2.57. The highest BCUT2D eigenvalue weighted by atomic mass is 19.1. The standard InChI is InChI=1S/C29H37F2N3O2/c1-20-13-23-22-10-6-5-9-21(22)14-24(23)28(34(20)17-29(31)18-36-19-29)25-16-33-27(15-26(25)35-2)32-12-8-4-3-7-11-30/h5-6,9-10,15-16,20,28H,3-4,7-8,11-14,17-19H2,1-2H3,(H,32,33)/t20-,28+/m1/s1. The van der Waals surface area contributed by atoms with E-state index in [1.807, 2.05) is 12.3 Å². The fraction of sp³-hybridized carbons (Fsp3) is 0.552. The SMILES string of the molecule is COc1cc(NCCCCCCF)ncc1[C@@H]1C2=C(C[C@@H](C)N1CC1(F)COC1)c1ccccc1C2. The zero-order valence-electron chi connectivity index (χ0n) is 21.4. The first kappa shape index (κ1) is 25.2. The number of anilines is 1. The van der Waals surface area contributed by atoms with Gasteiger partial charge in [-0.1, -0.05) is 37.1 Å². The van der Waals surface area contributed by atoms with Gasteiger partial charge in [0.25, 0.3) is 0 Å². The van der Waals surface area contributed by atoms with Gasteiger partial charge in [0.15, 0.2) is 5.67 Å². The summed E-state index contributed by atoms with van der Waals surface area (Å²) in [7, 11) is 1.69. The minimum absolute atomic E-state index is 0.110. The molecule has 1 fully saturated rings. The van der Waals surface area contributed by atoms with Gasteiger partial charge < -0.3 is 14.8 Å². The summed E-state index contributed by atoms with van der Waals surface area (Å²) < 4.78 is 38.8. The van der Waals surface area contributed by atoms with Crippen LogP contribution in [-0.2, 0) is 11.2 Å². The van der Waals surface area contributed by atoms with E-state index in [4.69, 9.17) is 14.5 Å². The zero-order valence-corrected chi connectivity index (χ0v) is 21.4. The van der Waals surface area contributed by atoms with Gasteiger partial charge in [-0.15, -0.1) is 0 Å². The van der Waals surface area contributed by atoms with Crippen molar-refractivity contribution < 1.29 is 18.3 Å². The van der Waals surface area contributed by atoms with E-state index < -0.39 is 5.67 Å². The fourth-order valence-corrected chi connectivity index (χ4v) is 5.90. The summed E-state index contributed by atoms with van der Waals surface area (Å²) in [5, 5.41) is 3.38. The van der Waals surface area contributed by atoms with E-state index in [1.54, 1.807) is 7.11 Å². The van der Waals surface area contributed by atoms with Crippen molar-refractivity contribution in [2.24, 2.45) is 0 Å². The van der Waals surface area contributed by atoms with Crippen LogP contribution in [0.2, 0.25) is 0 Å². The molecule has 5 rings (SSSR count). The molecule has 1 aromatic heterocycles. The Morgan fingerprint density at radius 2 is 2.00 bits per heavy atom. The molecule has 1 N–H and O–H groups in total. The molecule has 0 bridgehead atoms. The monoisotopic (exact) mass is 497 g/mol. The number of nitrogens with zero attached hydrogens (tertiary/aromatic N) is 2. The van der Waals surface area contributed by atoms with E-state index in [-0.39, 0.29) is 32.0 Å². The smallest absolute Gasteiger partial charge is 0.169 e. The predicted molar refractivity (Wildman–Crippen MR) is 139 cm³/mol. The molecule has 1 aliphatic carbocycles. The second-order valence-corrected chi connectivity index (χ2v) is 10.5. The molecule has 1 saturated heterocycles. The molecule has 0 amide bonds. The number of hydrogen-bond donors (Lipinski definition) is 1. The number of rotatable bonds is 11. The lowest BCUT2D eigenvalue weighted by Gasteiger charge is -2.47. The van der Waals surface area contributed by atoms with Crippen LogP contribution in [0.4, 0.5) is 14.6 Å². The number of halogens is 2. The number of methoxy groups -OCH3 is 1. The third-order valence-electron chi connectivity index (χ3n) is 7.80. The maximum absolute atomic E-state index is 15.4. The quantitative estimate of drug-likeness (QED) is 0.391. The van der Waals surface area contributed by atoms with E-state index >= 15 is 4.39 Å². The van der Waals surface area contributed by atoms with Gasteiger partial charge in [-0.25, -0.2) is 9.37 Å². The van der Waals surface area contributed by atoms with Crippen LogP contribution in [0.1, 0.15) is 61.8 Å². The Morgan fingerprint density at radius 3 is 2.75 bits per heavy atom. The van der Waals surface area contributed by atoms with Crippen LogP contribution in [0.5, 0.6) is 5.75 Å². The van der Waals surface area contributed by atoms with Gasteiger partial charge in [-0.05, 0) is 54.9 Å². The lowest BCUT2D eigenvalue weighted by molar-refractivity contribution is -0.147. The average Bonchev–Trinajstić information content (AvgIpc) is 3.23. The number of pyridine rings is 1. The number of hydrogen-bond acceptors (Lipinski definition) is 5. The third-order valence-corrected chi connectivity index (χ3v) is 7.80. The van der Waals surface area contributed by atoms with Crippen LogP contribution in [0.3, 0.4) is 0 Å². The minimum Gasteiger partial charge on any atom is -0.496 e. The summed E-state index contributed by atoms with van der Waals surface area (Å²) >= 11 is 0. The highest BCUT2D eigenvalue weighted by molar-refractivity contribution is 5.79. The molecule has 2 atom stereocenters. The first-order chi connectivity index (χ1) is 17.5. The molecule has 0 saturated carbocycles. The van der Waals surface area contributed by atoms with Crippen molar-refractivity contribution in [2.45, 2.75) is 63.2 Å². The van der Waals surface area contributed by atoms with Crippen molar-refractivity contribution in [1.82, 2.24) is 9.88 Å². The van der Waals surface area contributed by atoms with Gasteiger partial charge in [0.2, 0.25) is 0 Å². The molecule has 5 nitrogen and oxygen atoms in total. The number of fused-ring (bicyclic) bond motifs is 2. The zero-order chi connectivity index (χ0) is 25.1.